The van der Waals surface area contributed by atoms with E-state index in [2.05, 4.69) is 74.6 Å². The van der Waals surface area contributed by atoms with Gasteiger partial charge in [-0.1, -0.05) is 171 Å². The summed E-state index contributed by atoms with van der Waals surface area (Å²) >= 11 is 0. The van der Waals surface area contributed by atoms with Crippen LogP contribution in [-0.4, -0.2) is 87.4 Å². The lowest BCUT2D eigenvalue weighted by molar-refractivity contribution is -0.870. The highest BCUT2D eigenvalue weighted by Crippen LogP contribution is 2.14. The van der Waals surface area contributed by atoms with E-state index in [1.54, 1.807) is 0 Å². The number of carbonyl (C=O) groups is 3. The number of ether oxygens (including phenoxy) is 4. The number of hydrogen-bond donors (Lipinski definition) is 1. The van der Waals surface area contributed by atoms with E-state index < -0.39 is 24.3 Å². The Kier molecular flexibility index (Phi) is 39.6. The minimum atomic E-state index is -1.51. The van der Waals surface area contributed by atoms with Crippen molar-refractivity contribution in [3.63, 3.8) is 0 Å². The number of esters is 2. The smallest absolute Gasteiger partial charge is 0.361 e. The van der Waals surface area contributed by atoms with E-state index in [-0.39, 0.29) is 32.2 Å². The molecule has 0 saturated carbocycles. The highest BCUT2D eigenvalue weighted by Gasteiger charge is 2.25. The van der Waals surface area contributed by atoms with Gasteiger partial charge in [-0.15, -0.1) is 0 Å². The van der Waals surface area contributed by atoms with Gasteiger partial charge in [-0.2, -0.15) is 0 Å². The monoisotopic (exact) mass is 831 g/mol. The average Bonchev–Trinajstić information content (AvgIpc) is 3.19. The maximum Gasteiger partial charge on any atom is 0.361 e. The zero-order chi connectivity index (χ0) is 43.5. The first-order valence-electron chi connectivity index (χ1n) is 23.5. The Bertz CT molecular complexity index is 1150. The molecule has 0 aromatic carbocycles. The lowest BCUT2D eigenvalue weighted by atomic mass is 10.1. The van der Waals surface area contributed by atoms with Crippen LogP contribution >= 0.6 is 0 Å². The third kappa shape index (κ3) is 42.9. The number of rotatable bonds is 42. The van der Waals surface area contributed by atoms with Crippen molar-refractivity contribution in [1.82, 2.24) is 0 Å². The number of carboxylic acids is 1. The maximum atomic E-state index is 12.8. The minimum Gasteiger partial charge on any atom is -0.477 e. The van der Waals surface area contributed by atoms with Crippen LogP contribution in [0.15, 0.2) is 60.8 Å². The second kappa shape index (κ2) is 41.7. The SMILES string of the molecule is CC/C=C\C/C=C\C/C=C\C/C=C\C/C=C\CCCCCCCCCC(=O)OC(COC(=O)CCCCCCCCCCCCC)COC(OCC[N+](C)(C)C)C(=O)O. The average molecular weight is 831 g/mol. The fourth-order valence-corrected chi connectivity index (χ4v) is 6.16. The minimum absolute atomic E-state index is 0.184. The van der Waals surface area contributed by atoms with E-state index in [9.17, 15) is 19.5 Å². The van der Waals surface area contributed by atoms with Crippen LogP contribution in [0.1, 0.15) is 181 Å². The lowest BCUT2D eigenvalue weighted by Gasteiger charge is -2.25. The van der Waals surface area contributed by atoms with Crippen LogP contribution in [0.25, 0.3) is 0 Å². The molecule has 0 rings (SSSR count). The highest BCUT2D eigenvalue weighted by molar-refractivity contribution is 5.71. The van der Waals surface area contributed by atoms with Crippen LogP contribution in [0.2, 0.25) is 0 Å². The molecule has 2 unspecified atom stereocenters. The number of likely N-dealkylation sites (N-methyl/N-ethyl adjacent to an activating group) is 1. The Hall–Kier alpha value is -3.01. The van der Waals surface area contributed by atoms with Crippen molar-refractivity contribution in [2.24, 2.45) is 0 Å². The Labute approximate surface area is 361 Å². The van der Waals surface area contributed by atoms with E-state index in [1.807, 2.05) is 21.1 Å². The number of hydrogen-bond acceptors (Lipinski definition) is 7. The van der Waals surface area contributed by atoms with Gasteiger partial charge in [0.2, 0.25) is 0 Å². The largest absolute Gasteiger partial charge is 0.477 e. The van der Waals surface area contributed by atoms with Crippen LogP contribution in [-0.2, 0) is 33.3 Å². The Morgan fingerprint density at radius 3 is 1.44 bits per heavy atom. The van der Waals surface area contributed by atoms with Crippen molar-refractivity contribution in [2.75, 3.05) is 47.5 Å². The molecule has 0 aromatic heterocycles. The molecule has 0 saturated heterocycles. The molecule has 9 nitrogen and oxygen atoms in total. The predicted octanol–water partition coefficient (Wildman–Crippen LogP) is 12.6. The molecule has 1 N–H and O–H groups in total. The molecule has 0 amide bonds. The molecule has 0 aliphatic carbocycles. The number of unbranched alkanes of at least 4 members (excludes halogenated alkanes) is 17. The van der Waals surface area contributed by atoms with E-state index in [1.165, 1.54) is 70.6 Å². The first kappa shape index (κ1) is 56.0. The second-order valence-electron chi connectivity index (χ2n) is 16.7. The topological polar surface area (TPSA) is 108 Å². The molecular formula is C50H88NO8+. The third-order valence-electron chi connectivity index (χ3n) is 9.79. The van der Waals surface area contributed by atoms with Crippen molar-refractivity contribution < 1.29 is 42.9 Å². The van der Waals surface area contributed by atoms with Crippen molar-refractivity contribution in [3.05, 3.63) is 60.8 Å². The predicted molar refractivity (Wildman–Crippen MR) is 244 cm³/mol. The molecule has 0 aromatic rings. The van der Waals surface area contributed by atoms with Crippen molar-refractivity contribution >= 4 is 17.9 Å². The van der Waals surface area contributed by atoms with Crippen LogP contribution in [0.3, 0.4) is 0 Å². The van der Waals surface area contributed by atoms with Gasteiger partial charge in [-0.3, -0.25) is 9.59 Å². The van der Waals surface area contributed by atoms with Crippen LogP contribution in [0, 0.1) is 0 Å². The van der Waals surface area contributed by atoms with Crippen LogP contribution in [0.5, 0.6) is 0 Å². The third-order valence-corrected chi connectivity index (χ3v) is 9.79. The maximum absolute atomic E-state index is 12.8. The molecular weight excluding hydrogens is 743 g/mol. The zero-order valence-electron chi connectivity index (χ0n) is 38.4. The number of allylic oxidation sites excluding steroid dienone is 10. The molecule has 0 bridgehead atoms. The molecule has 0 aliphatic rings. The van der Waals surface area contributed by atoms with Crippen molar-refractivity contribution in [3.8, 4) is 0 Å². The van der Waals surface area contributed by atoms with E-state index in [4.69, 9.17) is 18.9 Å². The summed E-state index contributed by atoms with van der Waals surface area (Å²) in [6.45, 7) is 4.73. The summed E-state index contributed by atoms with van der Waals surface area (Å²) in [7, 11) is 5.95. The molecule has 0 heterocycles. The fraction of sp³-hybridized carbons (Fsp3) is 0.740. The molecule has 0 fully saturated rings. The van der Waals surface area contributed by atoms with Gasteiger partial charge in [-0.05, 0) is 57.8 Å². The van der Waals surface area contributed by atoms with Crippen LogP contribution in [0.4, 0.5) is 0 Å². The Morgan fingerprint density at radius 1 is 0.525 bits per heavy atom. The highest BCUT2D eigenvalue weighted by atomic mass is 16.7. The fourth-order valence-electron chi connectivity index (χ4n) is 6.16. The number of carboxylic acid groups (broad SMARTS) is 1. The first-order valence-corrected chi connectivity index (χ1v) is 23.5. The van der Waals surface area contributed by atoms with E-state index in [0.717, 1.165) is 77.0 Å². The molecule has 340 valence electrons. The zero-order valence-corrected chi connectivity index (χ0v) is 38.4. The van der Waals surface area contributed by atoms with Gasteiger partial charge in [0.1, 0.15) is 13.2 Å². The molecule has 9 heteroatoms. The van der Waals surface area contributed by atoms with Gasteiger partial charge in [0, 0.05) is 12.8 Å². The van der Waals surface area contributed by atoms with Gasteiger partial charge in [0.15, 0.2) is 6.10 Å². The second-order valence-corrected chi connectivity index (χ2v) is 16.7. The van der Waals surface area contributed by atoms with Gasteiger partial charge in [0.25, 0.3) is 6.29 Å². The lowest BCUT2D eigenvalue weighted by Crippen LogP contribution is -2.40. The number of quaternary nitrogens is 1. The van der Waals surface area contributed by atoms with Gasteiger partial charge < -0.3 is 28.5 Å². The Morgan fingerprint density at radius 2 is 0.966 bits per heavy atom. The normalized spacial score (nSPS) is 13.4. The quantitative estimate of drug-likeness (QED) is 0.0213. The Balaban J connectivity index is 4.38. The van der Waals surface area contributed by atoms with Crippen molar-refractivity contribution in [1.29, 1.82) is 0 Å². The van der Waals surface area contributed by atoms with E-state index in [0.29, 0.717) is 23.9 Å². The summed E-state index contributed by atoms with van der Waals surface area (Å²) in [6, 6.07) is 0. The summed E-state index contributed by atoms with van der Waals surface area (Å²) < 4.78 is 22.7. The number of carbonyl (C=O) groups excluding carboxylic acids is 2. The standard InChI is InChI=1S/C50H87NO8/c1-6-8-10-12-14-16-18-19-20-21-22-23-24-25-26-27-28-29-31-33-35-37-39-41-48(53)59-46(45-58-50(49(54)55)56-43-42-51(3,4)5)44-57-47(52)40-38-36-34-32-30-17-15-13-11-9-7-2/h8,10,14,16,19-20,22-23,25-26,46,50H,6-7,9,11-13,15,17-18,21,24,27-45H2,1-5H3/p+1/b10-8-,16-14-,20-19-,23-22-,26-25-. The van der Waals surface area contributed by atoms with Gasteiger partial charge in [0.05, 0.1) is 34.4 Å². The number of nitrogens with zero attached hydrogens (tertiary/aromatic N) is 1. The summed E-state index contributed by atoms with van der Waals surface area (Å²) in [5.74, 6) is -2.03. The molecule has 0 spiro atoms. The van der Waals surface area contributed by atoms with Gasteiger partial charge in [-0.25, -0.2) is 4.79 Å². The molecule has 0 aliphatic heterocycles. The van der Waals surface area contributed by atoms with Crippen LogP contribution < -0.4 is 0 Å². The van der Waals surface area contributed by atoms with Crippen molar-refractivity contribution in [2.45, 2.75) is 193 Å². The molecule has 2 atom stereocenters. The summed E-state index contributed by atoms with van der Waals surface area (Å²) in [5.41, 5.74) is 0. The molecule has 0 radical (unpaired) electrons. The number of aliphatic carboxylic acids is 1. The summed E-state index contributed by atoms with van der Waals surface area (Å²) in [6.07, 6.45) is 47.1. The summed E-state index contributed by atoms with van der Waals surface area (Å²) in [5, 5.41) is 9.64. The van der Waals surface area contributed by atoms with E-state index >= 15 is 0 Å². The van der Waals surface area contributed by atoms with Gasteiger partial charge >= 0.3 is 17.9 Å². The molecule has 59 heavy (non-hydrogen) atoms. The first-order chi connectivity index (χ1) is 28.6. The summed E-state index contributed by atoms with van der Waals surface area (Å²) in [4.78, 5) is 37.1.